The topological polar surface area (TPSA) is 43.4 Å². The van der Waals surface area contributed by atoms with E-state index in [9.17, 15) is 0 Å². The molecule has 1 N–H and O–H groups in total. The molecular weight excluding hydrogens is 252 g/mol. The molecule has 4 heteroatoms. The number of hydrogen-bond donors (Lipinski definition) is 1. The van der Waals surface area contributed by atoms with Crippen molar-refractivity contribution in [3.8, 4) is 5.75 Å². The van der Waals surface area contributed by atoms with Gasteiger partial charge >= 0.3 is 0 Å². The van der Waals surface area contributed by atoms with E-state index in [0.717, 1.165) is 24.5 Å². The zero-order valence-electron chi connectivity index (χ0n) is 12.8. The molecule has 0 spiro atoms. The molecule has 20 heavy (non-hydrogen) atoms. The fourth-order valence-electron chi connectivity index (χ4n) is 2.62. The van der Waals surface area contributed by atoms with Crippen molar-refractivity contribution in [2.24, 2.45) is 5.92 Å². The van der Waals surface area contributed by atoms with Gasteiger partial charge in [-0.25, -0.2) is 0 Å². The lowest BCUT2D eigenvalue weighted by atomic mass is 9.99. The van der Waals surface area contributed by atoms with Crippen molar-refractivity contribution in [2.45, 2.75) is 45.8 Å². The van der Waals surface area contributed by atoms with Crippen molar-refractivity contribution in [1.82, 2.24) is 10.3 Å². The van der Waals surface area contributed by atoms with E-state index >= 15 is 0 Å². The van der Waals surface area contributed by atoms with Gasteiger partial charge in [0.1, 0.15) is 5.75 Å². The Kier molecular flexibility index (Phi) is 5.80. The third-order valence-corrected chi connectivity index (χ3v) is 3.60. The zero-order valence-corrected chi connectivity index (χ0v) is 12.8. The summed E-state index contributed by atoms with van der Waals surface area (Å²) in [4.78, 5) is 4.31. The fraction of sp³-hybridized carbons (Fsp3) is 0.688. The fourth-order valence-corrected chi connectivity index (χ4v) is 2.62. The number of ether oxygens (including phenoxy) is 2. The van der Waals surface area contributed by atoms with E-state index in [1.807, 2.05) is 13.1 Å². The van der Waals surface area contributed by atoms with Gasteiger partial charge in [0.2, 0.25) is 0 Å². The van der Waals surface area contributed by atoms with E-state index in [-0.39, 0.29) is 12.1 Å². The van der Waals surface area contributed by atoms with Gasteiger partial charge in [-0.15, -0.1) is 0 Å². The molecule has 1 fully saturated rings. The van der Waals surface area contributed by atoms with Gasteiger partial charge in [0, 0.05) is 12.8 Å². The second kappa shape index (κ2) is 7.60. The Bertz CT molecular complexity index is 407. The van der Waals surface area contributed by atoms with Crippen LogP contribution in [0.3, 0.4) is 0 Å². The first-order chi connectivity index (χ1) is 9.80. The lowest BCUT2D eigenvalue weighted by Crippen LogP contribution is -2.35. The molecule has 1 aliphatic carbocycles. The summed E-state index contributed by atoms with van der Waals surface area (Å²) < 4.78 is 11.6. The molecular formula is C16H26N2O2. The second-order valence-corrected chi connectivity index (χ2v) is 5.18. The highest BCUT2D eigenvalue weighted by Crippen LogP contribution is 2.40. The van der Waals surface area contributed by atoms with Gasteiger partial charge in [-0.1, -0.05) is 6.92 Å². The van der Waals surface area contributed by atoms with E-state index in [4.69, 9.17) is 9.47 Å². The van der Waals surface area contributed by atoms with Gasteiger partial charge in [0.25, 0.3) is 0 Å². The summed E-state index contributed by atoms with van der Waals surface area (Å²) in [5, 5.41) is 3.55. The largest absolute Gasteiger partial charge is 0.492 e. The summed E-state index contributed by atoms with van der Waals surface area (Å²) in [5.41, 5.74) is 1.16. The third kappa shape index (κ3) is 3.93. The van der Waals surface area contributed by atoms with Gasteiger partial charge in [0.15, 0.2) is 0 Å². The van der Waals surface area contributed by atoms with E-state index in [2.05, 4.69) is 30.2 Å². The van der Waals surface area contributed by atoms with Crippen molar-refractivity contribution in [3.63, 3.8) is 0 Å². The lowest BCUT2D eigenvalue weighted by molar-refractivity contribution is 0.0188. The summed E-state index contributed by atoms with van der Waals surface area (Å²) >= 11 is 0. The van der Waals surface area contributed by atoms with Crippen LogP contribution in [0.4, 0.5) is 0 Å². The molecule has 0 aliphatic heterocycles. The highest BCUT2D eigenvalue weighted by Gasteiger charge is 2.37. The van der Waals surface area contributed by atoms with E-state index in [0.29, 0.717) is 12.5 Å². The smallest absolute Gasteiger partial charge is 0.137 e. The molecule has 1 heterocycles. The molecule has 112 valence electrons. The molecule has 0 aromatic carbocycles. The molecule has 1 aromatic rings. The predicted octanol–water partition coefficient (Wildman–Crippen LogP) is 2.95. The Morgan fingerprint density at radius 2 is 2.05 bits per heavy atom. The maximum absolute atomic E-state index is 6.00. The predicted molar refractivity (Wildman–Crippen MR) is 80.0 cm³/mol. The summed E-state index contributed by atoms with van der Waals surface area (Å²) in [7, 11) is 0. The molecule has 2 unspecified atom stereocenters. The average Bonchev–Trinajstić information content (AvgIpc) is 3.28. The number of likely N-dealkylation sites (N-methyl/N-ethyl adjacent to an activating group) is 1. The quantitative estimate of drug-likeness (QED) is 0.754. The number of nitrogens with zero attached hydrogens (tertiary/aromatic N) is 1. The highest BCUT2D eigenvalue weighted by molar-refractivity contribution is 5.27. The molecule has 0 radical (unpaired) electrons. The summed E-state index contributed by atoms with van der Waals surface area (Å²) in [6.45, 7) is 8.51. The van der Waals surface area contributed by atoms with Gasteiger partial charge in [0.05, 0.1) is 24.9 Å². The Hall–Kier alpha value is -1.13. The Balaban J connectivity index is 2.19. The standard InChI is InChI=1S/C16H26N2O2/c1-4-18-15(16(20-6-3)12-7-8-12)13-9-14(19-5-2)11-17-10-13/h9-12,15-16,18H,4-8H2,1-3H3. The van der Waals surface area contributed by atoms with Gasteiger partial charge in [-0.05, 0) is 50.8 Å². The van der Waals surface area contributed by atoms with Gasteiger partial charge < -0.3 is 14.8 Å². The number of hydrogen-bond acceptors (Lipinski definition) is 4. The van der Waals surface area contributed by atoms with Crippen molar-refractivity contribution in [1.29, 1.82) is 0 Å². The highest BCUT2D eigenvalue weighted by atomic mass is 16.5. The van der Waals surface area contributed by atoms with Crippen LogP contribution in [0.15, 0.2) is 18.5 Å². The van der Waals surface area contributed by atoms with Crippen molar-refractivity contribution >= 4 is 0 Å². The zero-order chi connectivity index (χ0) is 14.4. The number of rotatable bonds is 9. The first-order valence-corrected chi connectivity index (χ1v) is 7.72. The molecule has 2 rings (SSSR count). The Morgan fingerprint density at radius 3 is 2.65 bits per heavy atom. The minimum atomic E-state index is 0.195. The molecule has 1 aromatic heterocycles. The SMILES string of the molecule is CCNC(c1cncc(OCC)c1)C(OCC)C1CC1. The van der Waals surface area contributed by atoms with Crippen molar-refractivity contribution in [2.75, 3.05) is 19.8 Å². The van der Waals surface area contributed by atoms with Gasteiger partial charge in [-0.3, -0.25) is 4.98 Å². The van der Waals surface area contributed by atoms with Crippen molar-refractivity contribution < 1.29 is 9.47 Å². The number of pyridine rings is 1. The van der Waals surface area contributed by atoms with E-state index < -0.39 is 0 Å². The van der Waals surface area contributed by atoms with Crippen LogP contribution in [0.25, 0.3) is 0 Å². The van der Waals surface area contributed by atoms with Crippen LogP contribution >= 0.6 is 0 Å². The summed E-state index contributed by atoms with van der Waals surface area (Å²) in [6, 6.07) is 2.28. The maximum atomic E-state index is 6.00. The summed E-state index contributed by atoms with van der Waals surface area (Å²) in [6.07, 6.45) is 6.46. The second-order valence-electron chi connectivity index (χ2n) is 5.18. The van der Waals surface area contributed by atoms with Gasteiger partial charge in [-0.2, -0.15) is 0 Å². The average molecular weight is 278 g/mol. The molecule has 1 saturated carbocycles. The molecule has 2 atom stereocenters. The monoisotopic (exact) mass is 278 g/mol. The van der Waals surface area contributed by atoms with Crippen LogP contribution in [0.5, 0.6) is 5.75 Å². The molecule has 0 saturated heterocycles. The first-order valence-electron chi connectivity index (χ1n) is 7.72. The van der Waals surface area contributed by atoms with Crippen LogP contribution in [-0.2, 0) is 4.74 Å². The maximum Gasteiger partial charge on any atom is 0.137 e. The van der Waals surface area contributed by atoms with Crippen LogP contribution in [0, 0.1) is 5.92 Å². The Morgan fingerprint density at radius 1 is 1.25 bits per heavy atom. The van der Waals surface area contributed by atoms with Crippen LogP contribution in [0.1, 0.15) is 45.2 Å². The summed E-state index contributed by atoms with van der Waals surface area (Å²) in [5.74, 6) is 1.51. The molecule has 4 nitrogen and oxygen atoms in total. The van der Waals surface area contributed by atoms with Crippen LogP contribution in [0.2, 0.25) is 0 Å². The molecule has 1 aliphatic rings. The molecule has 0 amide bonds. The molecule has 0 bridgehead atoms. The van der Waals surface area contributed by atoms with E-state index in [1.165, 1.54) is 12.8 Å². The number of aromatic nitrogens is 1. The lowest BCUT2D eigenvalue weighted by Gasteiger charge is -2.28. The third-order valence-electron chi connectivity index (χ3n) is 3.60. The van der Waals surface area contributed by atoms with Crippen molar-refractivity contribution in [3.05, 3.63) is 24.0 Å². The van der Waals surface area contributed by atoms with Crippen LogP contribution < -0.4 is 10.1 Å². The minimum absolute atomic E-state index is 0.195. The minimum Gasteiger partial charge on any atom is -0.492 e. The normalized spacial score (nSPS) is 17.8. The van der Waals surface area contributed by atoms with Crippen LogP contribution in [-0.4, -0.2) is 30.8 Å². The Labute approximate surface area is 121 Å². The number of nitrogens with one attached hydrogen (secondary N) is 1. The first kappa shape index (κ1) is 15.3. The van der Waals surface area contributed by atoms with E-state index in [1.54, 1.807) is 6.20 Å².